The van der Waals surface area contributed by atoms with Crippen LogP contribution < -0.4 is 0 Å². The van der Waals surface area contributed by atoms with Gasteiger partial charge < -0.3 is 4.74 Å². The predicted octanol–water partition coefficient (Wildman–Crippen LogP) is 1.14. The molecule has 0 spiro atoms. The van der Waals surface area contributed by atoms with Crippen molar-refractivity contribution in [3.05, 3.63) is 17.0 Å². The first-order valence-corrected chi connectivity index (χ1v) is 4.62. The zero-order valence-electron chi connectivity index (χ0n) is 9.13. The summed E-state index contributed by atoms with van der Waals surface area (Å²) in [6.45, 7) is 3.96. The largest absolute Gasteiger partial charge is 0.469 e. The summed E-state index contributed by atoms with van der Waals surface area (Å²) in [7, 11) is 3.31. The number of carbonyl (C=O) groups excluding carboxylic acids is 1. The summed E-state index contributed by atoms with van der Waals surface area (Å²) in [5.41, 5.74) is 3.26. The first-order chi connectivity index (χ1) is 6.56. The minimum atomic E-state index is -0.173. The molecule has 78 valence electrons. The van der Waals surface area contributed by atoms with Crippen molar-refractivity contribution < 1.29 is 9.53 Å². The van der Waals surface area contributed by atoms with Crippen LogP contribution in [-0.4, -0.2) is 22.9 Å². The van der Waals surface area contributed by atoms with Crippen LogP contribution in [0.15, 0.2) is 0 Å². The predicted molar refractivity (Wildman–Crippen MR) is 53.0 cm³/mol. The van der Waals surface area contributed by atoms with Crippen molar-refractivity contribution in [2.24, 2.45) is 7.05 Å². The molecule has 0 saturated heterocycles. The summed E-state index contributed by atoms with van der Waals surface area (Å²) in [6.07, 6.45) is 1.13. The van der Waals surface area contributed by atoms with Crippen LogP contribution in [0, 0.1) is 13.8 Å². The van der Waals surface area contributed by atoms with Gasteiger partial charge in [0.05, 0.1) is 12.8 Å². The summed E-state index contributed by atoms with van der Waals surface area (Å²) in [5, 5.41) is 4.28. The Bertz CT molecular complexity index is 342. The lowest BCUT2D eigenvalue weighted by Gasteiger charge is -2.00. The van der Waals surface area contributed by atoms with Crippen molar-refractivity contribution >= 4 is 5.97 Å². The van der Waals surface area contributed by atoms with E-state index in [0.29, 0.717) is 12.8 Å². The Morgan fingerprint density at radius 2 is 2.14 bits per heavy atom. The SMILES string of the molecule is COC(=O)CCc1c(C)nn(C)c1C. The number of rotatable bonds is 3. The topological polar surface area (TPSA) is 44.1 Å². The van der Waals surface area contributed by atoms with Gasteiger partial charge in [-0.25, -0.2) is 0 Å². The van der Waals surface area contributed by atoms with E-state index in [4.69, 9.17) is 0 Å². The van der Waals surface area contributed by atoms with Crippen molar-refractivity contribution in [3.63, 3.8) is 0 Å². The van der Waals surface area contributed by atoms with Crippen LogP contribution in [0.1, 0.15) is 23.4 Å². The minimum Gasteiger partial charge on any atom is -0.469 e. The Morgan fingerprint density at radius 1 is 1.50 bits per heavy atom. The Kier molecular flexibility index (Phi) is 3.28. The Balaban J connectivity index is 2.71. The quantitative estimate of drug-likeness (QED) is 0.681. The highest BCUT2D eigenvalue weighted by Gasteiger charge is 2.10. The minimum absolute atomic E-state index is 0.173. The van der Waals surface area contributed by atoms with Crippen molar-refractivity contribution in [2.45, 2.75) is 26.7 Å². The maximum Gasteiger partial charge on any atom is 0.305 e. The highest BCUT2D eigenvalue weighted by molar-refractivity contribution is 5.69. The Labute approximate surface area is 83.9 Å². The number of methoxy groups -OCH3 is 1. The third-order valence-corrected chi connectivity index (χ3v) is 2.47. The van der Waals surface area contributed by atoms with Crippen LogP contribution in [0.4, 0.5) is 0 Å². The summed E-state index contributed by atoms with van der Waals surface area (Å²) >= 11 is 0. The second kappa shape index (κ2) is 4.26. The lowest BCUT2D eigenvalue weighted by molar-refractivity contribution is -0.140. The lowest BCUT2D eigenvalue weighted by Crippen LogP contribution is -2.03. The van der Waals surface area contributed by atoms with Crippen LogP contribution in [0.25, 0.3) is 0 Å². The number of aromatic nitrogens is 2. The molecule has 0 aliphatic carbocycles. The van der Waals surface area contributed by atoms with Crippen molar-refractivity contribution in [1.82, 2.24) is 9.78 Å². The summed E-state index contributed by atoms with van der Waals surface area (Å²) in [6, 6.07) is 0. The Morgan fingerprint density at radius 3 is 2.57 bits per heavy atom. The van der Waals surface area contributed by atoms with Crippen LogP contribution in [-0.2, 0) is 23.0 Å². The van der Waals surface area contributed by atoms with Crippen molar-refractivity contribution in [3.8, 4) is 0 Å². The van der Waals surface area contributed by atoms with E-state index in [0.717, 1.165) is 17.0 Å². The molecule has 0 aromatic carbocycles. The molecule has 1 aromatic rings. The van der Waals surface area contributed by atoms with Gasteiger partial charge in [-0.2, -0.15) is 5.10 Å². The number of hydrogen-bond acceptors (Lipinski definition) is 3. The second-order valence-electron chi connectivity index (χ2n) is 3.35. The molecule has 0 unspecified atom stereocenters. The van der Waals surface area contributed by atoms with E-state index in [1.807, 2.05) is 25.6 Å². The number of carbonyl (C=O) groups is 1. The van der Waals surface area contributed by atoms with E-state index < -0.39 is 0 Å². The summed E-state index contributed by atoms with van der Waals surface area (Å²) in [4.78, 5) is 11.0. The molecule has 1 heterocycles. The van der Waals surface area contributed by atoms with Crippen LogP contribution in [0.3, 0.4) is 0 Å². The molecule has 0 fully saturated rings. The van der Waals surface area contributed by atoms with Crippen LogP contribution in [0.2, 0.25) is 0 Å². The van der Waals surface area contributed by atoms with Gasteiger partial charge in [0, 0.05) is 19.2 Å². The zero-order valence-corrected chi connectivity index (χ0v) is 9.13. The molecule has 0 radical (unpaired) electrons. The molecular formula is C10H16N2O2. The van der Waals surface area contributed by atoms with E-state index in [9.17, 15) is 4.79 Å². The molecule has 0 saturated carbocycles. The maximum absolute atomic E-state index is 11.0. The molecule has 0 N–H and O–H groups in total. The van der Waals surface area contributed by atoms with E-state index >= 15 is 0 Å². The van der Waals surface area contributed by atoms with Gasteiger partial charge in [0.15, 0.2) is 0 Å². The number of aryl methyl sites for hydroxylation is 2. The molecule has 1 aromatic heterocycles. The fraction of sp³-hybridized carbons (Fsp3) is 0.600. The first-order valence-electron chi connectivity index (χ1n) is 4.62. The van der Waals surface area contributed by atoms with Gasteiger partial charge in [0.1, 0.15) is 0 Å². The summed E-state index contributed by atoms with van der Waals surface area (Å²) in [5.74, 6) is -0.173. The van der Waals surface area contributed by atoms with Gasteiger partial charge in [-0.3, -0.25) is 9.48 Å². The highest BCUT2D eigenvalue weighted by atomic mass is 16.5. The molecule has 14 heavy (non-hydrogen) atoms. The molecular weight excluding hydrogens is 180 g/mol. The van der Waals surface area contributed by atoms with Crippen molar-refractivity contribution in [2.75, 3.05) is 7.11 Å². The standard InChI is InChI=1S/C10H16N2O2/c1-7-9(5-6-10(13)14-4)8(2)12(3)11-7/h5-6H2,1-4H3. The fourth-order valence-electron chi connectivity index (χ4n) is 1.51. The molecule has 1 rings (SSSR count). The molecule has 4 heteroatoms. The molecule has 0 bridgehead atoms. The monoisotopic (exact) mass is 196 g/mol. The molecule has 0 aliphatic heterocycles. The third kappa shape index (κ3) is 2.13. The number of ether oxygens (including phenoxy) is 1. The number of hydrogen-bond donors (Lipinski definition) is 0. The van der Waals surface area contributed by atoms with E-state index in [1.165, 1.54) is 7.11 Å². The fourth-order valence-corrected chi connectivity index (χ4v) is 1.51. The van der Waals surface area contributed by atoms with Crippen LogP contribution in [0.5, 0.6) is 0 Å². The molecule has 0 amide bonds. The van der Waals surface area contributed by atoms with Gasteiger partial charge in [-0.1, -0.05) is 0 Å². The average molecular weight is 196 g/mol. The lowest BCUT2D eigenvalue weighted by atomic mass is 10.1. The van der Waals surface area contributed by atoms with Crippen molar-refractivity contribution in [1.29, 1.82) is 0 Å². The van der Waals surface area contributed by atoms with Gasteiger partial charge in [-0.05, 0) is 25.8 Å². The number of esters is 1. The van der Waals surface area contributed by atoms with Gasteiger partial charge in [0.2, 0.25) is 0 Å². The maximum atomic E-state index is 11.0. The molecule has 0 aliphatic rings. The normalized spacial score (nSPS) is 10.3. The summed E-state index contributed by atoms with van der Waals surface area (Å²) < 4.78 is 6.43. The van der Waals surface area contributed by atoms with E-state index in [-0.39, 0.29) is 5.97 Å². The zero-order chi connectivity index (χ0) is 10.7. The third-order valence-electron chi connectivity index (χ3n) is 2.47. The first kappa shape index (κ1) is 10.8. The van der Waals surface area contributed by atoms with Gasteiger partial charge in [0.25, 0.3) is 0 Å². The molecule has 0 atom stereocenters. The smallest absolute Gasteiger partial charge is 0.305 e. The number of nitrogens with zero attached hydrogens (tertiary/aromatic N) is 2. The second-order valence-corrected chi connectivity index (χ2v) is 3.35. The molecule has 4 nitrogen and oxygen atoms in total. The average Bonchev–Trinajstić information content (AvgIpc) is 2.39. The van der Waals surface area contributed by atoms with Gasteiger partial charge >= 0.3 is 5.97 Å². The van der Waals surface area contributed by atoms with E-state index in [1.54, 1.807) is 0 Å². The van der Waals surface area contributed by atoms with Gasteiger partial charge in [-0.15, -0.1) is 0 Å². The van der Waals surface area contributed by atoms with Crippen LogP contribution >= 0.6 is 0 Å². The highest BCUT2D eigenvalue weighted by Crippen LogP contribution is 2.13. The Hall–Kier alpha value is -1.32. The van der Waals surface area contributed by atoms with E-state index in [2.05, 4.69) is 9.84 Å².